The van der Waals surface area contributed by atoms with Gasteiger partial charge in [-0.2, -0.15) is 0 Å². The van der Waals surface area contributed by atoms with Gasteiger partial charge in [-0.25, -0.2) is 4.98 Å². The zero-order valence-corrected chi connectivity index (χ0v) is 18.7. The van der Waals surface area contributed by atoms with Crippen molar-refractivity contribution in [1.29, 1.82) is 0 Å². The third kappa shape index (κ3) is 5.35. The maximum Gasteiger partial charge on any atom is 0.239 e. The second-order valence-electron chi connectivity index (χ2n) is 7.37. The van der Waals surface area contributed by atoms with E-state index in [2.05, 4.69) is 38.8 Å². The van der Waals surface area contributed by atoms with Crippen molar-refractivity contribution in [3.8, 4) is 22.8 Å². The van der Waals surface area contributed by atoms with E-state index in [1.54, 1.807) is 11.3 Å². The minimum absolute atomic E-state index is 0.00217. The van der Waals surface area contributed by atoms with E-state index in [0.717, 1.165) is 46.4 Å². The summed E-state index contributed by atoms with van der Waals surface area (Å²) in [4.78, 5) is 19.1. The minimum Gasteiger partial charge on any atom is -0.494 e. The number of carbonyl (C=O) groups is 1. The van der Waals surface area contributed by atoms with Gasteiger partial charge in [0, 0.05) is 23.2 Å². The maximum atomic E-state index is 12.4. The van der Waals surface area contributed by atoms with Gasteiger partial charge in [-0.3, -0.25) is 4.79 Å². The minimum atomic E-state index is 0.00217. The Morgan fingerprint density at radius 3 is 2.65 bits per heavy atom. The Morgan fingerprint density at radius 1 is 1.16 bits per heavy atom. The van der Waals surface area contributed by atoms with Crippen molar-refractivity contribution in [3.05, 3.63) is 58.4 Å². The van der Waals surface area contributed by atoms with Crippen LogP contribution >= 0.6 is 11.3 Å². The number of rotatable bonds is 9. The van der Waals surface area contributed by atoms with E-state index in [-0.39, 0.29) is 5.91 Å². The van der Waals surface area contributed by atoms with Gasteiger partial charge in [-0.05, 0) is 62.2 Å². The number of nitrogens with zero attached hydrogens (tertiary/aromatic N) is 2. The summed E-state index contributed by atoms with van der Waals surface area (Å²) in [5, 5.41) is 6.10. The lowest BCUT2D eigenvalue weighted by molar-refractivity contribution is -0.119. The van der Waals surface area contributed by atoms with E-state index in [0.29, 0.717) is 26.3 Å². The van der Waals surface area contributed by atoms with Gasteiger partial charge in [-0.15, -0.1) is 11.3 Å². The molecular weight excluding hydrogens is 410 g/mol. The normalized spacial score (nSPS) is 12.5. The summed E-state index contributed by atoms with van der Waals surface area (Å²) in [5.74, 6) is 1.59. The summed E-state index contributed by atoms with van der Waals surface area (Å²) >= 11 is 1.66. The summed E-state index contributed by atoms with van der Waals surface area (Å²) in [6, 6.07) is 13.9. The van der Waals surface area contributed by atoms with Crippen LogP contribution in [0.5, 0.6) is 11.5 Å². The Kier molecular flexibility index (Phi) is 6.72. The van der Waals surface area contributed by atoms with Crippen molar-refractivity contribution in [2.45, 2.75) is 20.3 Å². The number of amides is 1. The predicted octanol–water partition coefficient (Wildman–Crippen LogP) is 4.07. The van der Waals surface area contributed by atoms with Gasteiger partial charge in [0.25, 0.3) is 0 Å². The van der Waals surface area contributed by atoms with Gasteiger partial charge in [0.1, 0.15) is 18.1 Å². The quantitative estimate of drug-likeness (QED) is 0.511. The third-order valence-electron chi connectivity index (χ3n) is 5.15. The number of carbonyl (C=O) groups excluding carboxylic acids is 1. The molecule has 0 aliphatic carbocycles. The number of hydrogen-bond acceptors (Lipinski definition) is 6. The van der Waals surface area contributed by atoms with Gasteiger partial charge in [0.05, 0.1) is 30.4 Å². The van der Waals surface area contributed by atoms with Crippen molar-refractivity contribution in [2.75, 3.05) is 37.7 Å². The monoisotopic (exact) mass is 437 g/mol. The van der Waals surface area contributed by atoms with Crippen LogP contribution in [0.25, 0.3) is 11.3 Å². The summed E-state index contributed by atoms with van der Waals surface area (Å²) in [6.45, 7) is 6.71. The van der Waals surface area contributed by atoms with Crippen LogP contribution in [0.2, 0.25) is 0 Å². The zero-order valence-electron chi connectivity index (χ0n) is 17.9. The fourth-order valence-corrected chi connectivity index (χ4v) is 4.30. The third-order valence-corrected chi connectivity index (χ3v) is 5.92. The van der Waals surface area contributed by atoms with Crippen molar-refractivity contribution < 1.29 is 14.3 Å². The summed E-state index contributed by atoms with van der Waals surface area (Å²) in [7, 11) is 0. The summed E-state index contributed by atoms with van der Waals surface area (Å²) < 4.78 is 11.1. The second-order valence-corrected chi connectivity index (χ2v) is 8.43. The molecule has 1 N–H and O–H groups in total. The molecule has 1 aliphatic heterocycles. The molecule has 4 rings (SSSR count). The van der Waals surface area contributed by atoms with Gasteiger partial charge in [0.2, 0.25) is 5.91 Å². The molecule has 0 atom stereocenters. The summed E-state index contributed by atoms with van der Waals surface area (Å²) in [5.41, 5.74) is 4.57. The molecule has 3 aromatic rings. The maximum absolute atomic E-state index is 12.4. The Hall–Kier alpha value is -3.06. The summed E-state index contributed by atoms with van der Waals surface area (Å²) in [6.07, 6.45) is 0.945. The van der Waals surface area contributed by atoms with Crippen molar-refractivity contribution in [1.82, 2.24) is 10.3 Å². The van der Waals surface area contributed by atoms with Gasteiger partial charge in [0.15, 0.2) is 0 Å². The number of ether oxygens (including phenoxy) is 2. The molecule has 1 aliphatic rings. The molecular formula is C24H27N3O3S. The zero-order chi connectivity index (χ0) is 21.6. The lowest BCUT2D eigenvalue weighted by atomic mass is 10.1. The van der Waals surface area contributed by atoms with Crippen LogP contribution in [-0.2, 0) is 11.2 Å². The number of benzene rings is 2. The van der Waals surface area contributed by atoms with Crippen LogP contribution in [0.4, 0.5) is 5.69 Å². The van der Waals surface area contributed by atoms with E-state index >= 15 is 0 Å². The number of anilines is 1. The molecule has 2 aromatic carbocycles. The number of aryl methyl sites for hydroxylation is 1. The fourth-order valence-electron chi connectivity index (χ4n) is 3.68. The second kappa shape index (κ2) is 9.83. The molecule has 0 bridgehead atoms. The lowest BCUT2D eigenvalue weighted by Crippen LogP contribution is -2.38. The smallest absolute Gasteiger partial charge is 0.239 e. The Bertz CT molecular complexity index is 1030. The Balaban J connectivity index is 1.23. The highest BCUT2D eigenvalue weighted by atomic mass is 32.1. The van der Waals surface area contributed by atoms with E-state index in [4.69, 9.17) is 9.47 Å². The van der Waals surface area contributed by atoms with Crippen LogP contribution < -0.4 is 19.7 Å². The first-order chi connectivity index (χ1) is 15.1. The van der Waals surface area contributed by atoms with Crippen LogP contribution in [0.15, 0.2) is 47.8 Å². The standard InChI is InChI=1S/C24H27N3O3S/c1-3-29-20-5-7-21(8-6-20)30-13-11-25-24(28)15-27-12-10-19-14-18(4-9-23(19)27)22-16-31-17(2)26-22/h4-9,14,16H,3,10-13,15H2,1-2H3,(H,25,28). The van der Waals surface area contributed by atoms with E-state index in [1.807, 2.05) is 38.1 Å². The number of nitrogens with one attached hydrogen (secondary N) is 1. The molecule has 0 unspecified atom stereocenters. The van der Waals surface area contributed by atoms with Gasteiger partial charge >= 0.3 is 0 Å². The van der Waals surface area contributed by atoms with Crippen LogP contribution in [0.1, 0.15) is 17.5 Å². The molecule has 0 saturated heterocycles. The number of thiazole rings is 1. The van der Waals surface area contributed by atoms with Crippen molar-refractivity contribution in [3.63, 3.8) is 0 Å². The first-order valence-electron chi connectivity index (χ1n) is 10.5. The average molecular weight is 438 g/mol. The molecule has 7 heteroatoms. The van der Waals surface area contributed by atoms with Crippen LogP contribution in [-0.4, -0.2) is 43.7 Å². The lowest BCUT2D eigenvalue weighted by Gasteiger charge is -2.19. The van der Waals surface area contributed by atoms with Crippen LogP contribution in [0.3, 0.4) is 0 Å². The highest BCUT2D eigenvalue weighted by Gasteiger charge is 2.21. The SMILES string of the molecule is CCOc1ccc(OCCNC(=O)CN2CCc3cc(-c4csc(C)n4)ccc32)cc1. The van der Waals surface area contributed by atoms with Gasteiger partial charge < -0.3 is 19.7 Å². The Morgan fingerprint density at radius 2 is 1.94 bits per heavy atom. The van der Waals surface area contributed by atoms with Crippen molar-refractivity contribution >= 4 is 22.9 Å². The number of hydrogen-bond donors (Lipinski definition) is 1. The molecule has 1 aromatic heterocycles. The molecule has 31 heavy (non-hydrogen) atoms. The molecule has 0 saturated carbocycles. The molecule has 162 valence electrons. The first kappa shape index (κ1) is 21.2. The van der Waals surface area contributed by atoms with E-state index in [1.165, 1.54) is 5.56 Å². The molecule has 0 radical (unpaired) electrons. The molecule has 0 spiro atoms. The van der Waals surface area contributed by atoms with Gasteiger partial charge in [-0.1, -0.05) is 6.07 Å². The fraction of sp³-hybridized carbons (Fsp3) is 0.333. The van der Waals surface area contributed by atoms with E-state index in [9.17, 15) is 4.79 Å². The molecule has 0 fully saturated rings. The molecule has 2 heterocycles. The number of fused-ring (bicyclic) bond motifs is 1. The van der Waals surface area contributed by atoms with Crippen molar-refractivity contribution in [2.24, 2.45) is 0 Å². The number of aromatic nitrogens is 1. The molecule has 6 nitrogen and oxygen atoms in total. The largest absolute Gasteiger partial charge is 0.494 e. The van der Waals surface area contributed by atoms with Crippen LogP contribution in [0, 0.1) is 6.92 Å². The predicted molar refractivity (Wildman–Crippen MR) is 124 cm³/mol. The highest BCUT2D eigenvalue weighted by Crippen LogP contribution is 2.32. The van der Waals surface area contributed by atoms with E-state index < -0.39 is 0 Å². The Labute approximate surface area is 186 Å². The highest BCUT2D eigenvalue weighted by molar-refractivity contribution is 7.09. The first-order valence-corrected chi connectivity index (χ1v) is 11.4. The molecule has 1 amide bonds. The topological polar surface area (TPSA) is 63.7 Å². The average Bonchev–Trinajstić information content (AvgIpc) is 3.38.